The Bertz CT molecular complexity index is 1100. The maximum atomic E-state index is 12.3. The Morgan fingerprint density at radius 3 is 2.67 bits per heavy atom. The number of amides is 1. The zero-order chi connectivity index (χ0) is 18.8. The number of aryl methyl sites for hydroxylation is 2. The molecule has 1 N–H and O–H groups in total. The van der Waals surface area contributed by atoms with Gasteiger partial charge in [-0.2, -0.15) is 10.2 Å². The Kier molecular flexibility index (Phi) is 4.46. The van der Waals surface area contributed by atoms with Crippen molar-refractivity contribution in [1.29, 1.82) is 0 Å². The number of carbonyl (C=O) groups excluding carboxylic acids is 1. The lowest BCUT2D eigenvalue weighted by Gasteiger charge is -2.07. The lowest BCUT2D eigenvalue weighted by atomic mass is 10.0. The van der Waals surface area contributed by atoms with Gasteiger partial charge in [-0.25, -0.2) is 0 Å². The summed E-state index contributed by atoms with van der Waals surface area (Å²) in [5, 5.41) is 14.0. The van der Waals surface area contributed by atoms with Crippen molar-refractivity contribution in [1.82, 2.24) is 19.6 Å². The molecule has 2 heterocycles. The smallest absolute Gasteiger partial charge is 0.247 e. The van der Waals surface area contributed by atoms with Gasteiger partial charge in [-0.3, -0.25) is 14.2 Å². The molecule has 2 aromatic carbocycles. The van der Waals surface area contributed by atoms with Crippen molar-refractivity contribution in [2.24, 2.45) is 0 Å². The Morgan fingerprint density at radius 1 is 1.04 bits per heavy atom. The third kappa shape index (κ3) is 3.74. The number of benzene rings is 2. The van der Waals surface area contributed by atoms with Crippen LogP contribution in [0.15, 0.2) is 60.8 Å². The van der Waals surface area contributed by atoms with Gasteiger partial charge < -0.3 is 5.32 Å². The third-order valence-corrected chi connectivity index (χ3v) is 4.52. The van der Waals surface area contributed by atoms with E-state index in [-0.39, 0.29) is 12.5 Å². The molecule has 0 aliphatic heterocycles. The lowest BCUT2D eigenvalue weighted by molar-refractivity contribution is -0.117. The fourth-order valence-electron chi connectivity index (χ4n) is 3.27. The van der Waals surface area contributed by atoms with Crippen LogP contribution in [0.4, 0.5) is 5.82 Å². The number of hydrogen-bond acceptors (Lipinski definition) is 3. The molecule has 0 aliphatic carbocycles. The normalized spacial score (nSPS) is 11.0. The van der Waals surface area contributed by atoms with Crippen molar-refractivity contribution in [3.63, 3.8) is 0 Å². The molecule has 0 fully saturated rings. The maximum absolute atomic E-state index is 12.3. The summed E-state index contributed by atoms with van der Waals surface area (Å²) in [6.07, 6.45) is 1.88. The van der Waals surface area contributed by atoms with Crippen molar-refractivity contribution >= 4 is 22.5 Å². The summed E-state index contributed by atoms with van der Waals surface area (Å²) in [7, 11) is 0. The van der Waals surface area contributed by atoms with E-state index < -0.39 is 0 Å². The maximum Gasteiger partial charge on any atom is 0.247 e. The quantitative estimate of drug-likeness (QED) is 0.593. The van der Waals surface area contributed by atoms with Gasteiger partial charge in [0.15, 0.2) is 5.82 Å². The van der Waals surface area contributed by atoms with E-state index in [4.69, 9.17) is 0 Å². The van der Waals surface area contributed by atoms with Crippen LogP contribution in [-0.2, 0) is 17.9 Å². The monoisotopic (exact) mass is 359 g/mol. The van der Waals surface area contributed by atoms with E-state index in [9.17, 15) is 4.79 Å². The molecule has 2 aromatic heterocycles. The van der Waals surface area contributed by atoms with E-state index in [1.807, 2.05) is 49.0 Å². The van der Waals surface area contributed by atoms with E-state index in [1.54, 1.807) is 4.68 Å². The van der Waals surface area contributed by atoms with Gasteiger partial charge >= 0.3 is 0 Å². The first-order chi connectivity index (χ1) is 13.1. The number of hydrogen-bond donors (Lipinski definition) is 1. The van der Waals surface area contributed by atoms with Gasteiger partial charge in [0, 0.05) is 18.0 Å². The zero-order valence-corrected chi connectivity index (χ0v) is 15.4. The number of nitrogens with zero attached hydrogens (tertiary/aromatic N) is 4. The molecule has 0 radical (unpaired) electrons. The highest BCUT2D eigenvalue weighted by Gasteiger charge is 2.09. The standard InChI is InChI=1S/C21H21N5O/c1-15-12-16(2)26(23-15)14-21(27)22-20-10-11-25(24-20)13-18-8-5-7-17-6-3-4-9-19(17)18/h3-12H,13-14H2,1-2H3,(H,22,24,27). The molecule has 136 valence electrons. The fraction of sp³-hybridized carbons (Fsp3) is 0.190. The first-order valence-corrected chi connectivity index (χ1v) is 8.89. The summed E-state index contributed by atoms with van der Waals surface area (Å²) in [4.78, 5) is 12.3. The molecule has 0 saturated carbocycles. The molecule has 0 unspecified atom stereocenters. The summed E-state index contributed by atoms with van der Waals surface area (Å²) >= 11 is 0. The highest BCUT2D eigenvalue weighted by Crippen LogP contribution is 2.19. The van der Waals surface area contributed by atoms with E-state index >= 15 is 0 Å². The first kappa shape index (κ1) is 17.0. The van der Waals surface area contributed by atoms with Gasteiger partial charge in [0.25, 0.3) is 0 Å². The zero-order valence-electron chi connectivity index (χ0n) is 15.4. The molecule has 27 heavy (non-hydrogen) atoms. The van der Waals surface area contributed by atoms with E-state index in [0.29, 0.717) is 12.4 Å². The highest BCUT2D eigenvalue weighted by atomic mass is 16.2. The first-order valence-electron chi connectivity index (χ1n) is 8.89. The van der Waals surface area contributed by atoms with Crippen LogP contribution < -0.4 is 5.32 Å². The summed E-state index contributed by atoms with van der Waals surface area (Å²) in [6.45, 7) is 4.67. The summed E-state index contributed by atoms with van der Waals surface area (Å²) in [5.74, 6) is 0.401. The minimum Gasteiger partial charge on any atom is -0.308 e. The number of fused-ring (bicyclic) bond motifs is 1. The Morgan fingerprint density at radius 2 is 1.85 bits per heavy atom. The molecule has 6 nitrogen and oxygen atoms in total. The Hall–Kier alpha value is -3.41. The van der Waals surface area contributed by atoms with E-state index in [1.165, 1.54) is 16.3 Å². The van der Waals surface area contributed by atoms with Crippen molar-refractivity contribution in [3.05, 3.63) is 77.7 Å². The predicted octanol–water partition coefficient (Wildman–Crippen LogP) is 3.54. The van der Waals surface area contributed by atoms with Gasteiger partial charge in [0.05, 0.1) is 12.2 Å². The van der Waals surface area contributed by atoms with Gasteiger partial charge in [-0.1, -0.05) is 42.5 Å². The topological polar surface area (TPSA) is 64.7 Å². The third-order valence-electron chi connectivity index (χ3n) is 4.52. The van der Waals surface area contributed by atoms with Crippen LogP contribution in [-0.4, -0.2) is 25.5 Å². The molecule has 0 aliphatic rings. The van der Waals surface area contributed by atoms with Crippen LogP contribution in [0.5, 0.6) is 0 Å². The highest BCUT2D eigenvalue weighted by molar-refractivity contribution is 5.89. The van der Waals surface area contributed by atoms with Crippen LogP contribution in [0.1, 0.15) is 17.0 Å². The fourth-order valence-corrected chi connectivity index (χ4v) is 3.27. The van der Waals surface area contributed by atoms with Crippen LogP contribution in [0.2, 0.25) is 0 Å². The van der Waals surface area contributed by atoms with E-state index in [2.05, 4.69) is 45.8 Å². The second-order valence-corrected chi connectivity index (χ2v) is 6.67. The molecular formula is C21H21N5O. The average Bonchev–Trinajstić information content (AvgIpc) is 3.21. The van der Waals surface area contributed by atoms with Crippen LogP contribution >= 0.6 is 0 Å². The second kappa shape index (κ2) is 7.07. The Labute approximate surface area is 157 Å². The Balaban J connectivity index is 1.45. The average molecular weight is 359 g/mol. The molecular weight excluding hydrogens is 338 g/mol. The number of rotatable bonds is 5. The van der Waals surface area contributed by atoms with Gasteiger partial charge in [0.1, 0.15) is 6.54 Å². The number of aromatic nitrogens is 4. The second-order valence-electron chi connectivity index (χ2n) is 6.67. The summed E-state index contributed by atoms with van der Waals surface area (Å²) < 4.78 is 3.53. The summed E-state index contributed by atoms with van der Waals surface area (Å²) in [5.41, 5.74) is 3.06. The van der Waals surface area contributed by atoms with Crippen molar-refractivity contribution in [2.75, 3.05) is 5.32 Å². The molecule has 0 saturated heterocycles. The number of carbonyl (C=O) groups is 1. The molecule has 0 atom stereocenters. The van der Waals surface area contributed by atoms with Crippen molar-refractivity contribution in [2.45, 2.75) is 26.9 Å². The molecule has 6 heteroatoms. The van der Waals surface area contributed by atoms with Gasteiger partial charge in [0.2, 0.25) is 5.91 Å². The lowest BCUT2D eigenvalue weighted by Crippen LogP contribution is -2.20. The van der Waals surface area contributed by atoms with Crippen molar-refractivity contribution < 1.29 is 4.79 Å². The number of nitrogens with one attached hydrogen (secondary N) is 1. The van der Waals surface area contributed by atoms with Crippen LogP contribution in [0, 0.1) is 13.8 Å². The van der Waals surface area contributed by atoms with Crippen LogP contribution in [0.25, 0.3) is 10.8 Å². The minimum atomic E-state index is -0.142. The summed E-state index contributed by atoms with van der Waals surface area (Å²) in [6, 6.07) is 18.3. The molecule has 1 amide bonds. The van der Waals surface area contributed by atoms with Gasteiger partial charge in [-0.05, 0) is 36.2 Å². The minimum absolute atomic E-state index is 0.142. The number of anilines is 1. The SMILES string of the molecule is Cc1cc(C)n(CC(=O)Nc2ccn(Cc3cccc4ccccc34)n2)n1. The van der Waals surface area contributed by atoms with Crippen LogP contribution in [0.3, 0.4) is 0 Å². The largest absolute Gasteiger partial charge is 0.308 e. The molecule has 0 bridgehead atoms. The molecule has 4 rings (SSSR count). The molecule has 4 aromatic rings. The molecule has 0 spiro atoms. The predicted molar refractivity (Wildman–Crippen MR) is 106 cm³/mol. The van der Waals surface area contributed by atoms with Crippen molar-refractivity contribution in [3.8, 4) is 0 Å². The van der Waals surface area contributed by atoms with Gasteiger partial charge in [-0.15, -0.1) is 0 Å². The van der Waals surface area contributed by atoms with E-state index in [0.717, 1.165) is 11.4 Å².